The van der Waals surface area contributed by atoms with E-state index in [0.717, 1.165) is 28.2 Å². The maximum Gasteiger partial charge on any atom is 0.138 e. The van der Waals surface area contributed by atoms with Crippen molar-refractivity contribution in [1.82, 2.24) is 4.98 Å². The summed E-state index contributed by atoms with van der Waals surface area (Å²) in [5.41, 5.74) is 13.1. The molecule has 60 heavy (non-hydrogen) atoms. The number of hydrogen-bond acceptors (Lipinski definition) is 3. The Kier molecular flexibility index (Phi) is 8.09. The molecule has 1 aliphatic carbocycles. The minimum atomic E-state index is -0.600. The van der Waals surface area contributed by atoms with Gasteiger partial charge in [0.1, 0.15) is 5.84 Å². The highest BCUT2D eigenvalue weighted by Gasteiger charge is 2.50. The molecule has 2 aliphatic rings. The van der Waals surface area contributed by atoms with E-state index >= 15 is 0 Å². The van der Waals surface area contributed by atoms with Gasteiger partial charge in [-0.2, -0.15) is 0 Å². The topological polar surface area (TPSA) is 28.5 Å². The van der Waals surface area contributed by atoms with Crippen LogP contribution in [0.4, 0.5) is 5.69 Å². The van der Waals surface area contributed by atoms with Crippen molar-refractivity contribution in [3.8, 4) is 33.4 Å². The van der Waals surface area contributed by atoms with Gasteiger partial charge in [0.15, 0.2) is 0 Å². The molecule has 0 amide bonds. The highest BCUT2D eigenvalue weighted by molar-refractivity contribution is 6.14. The molecule has 0 bridgehead atoms. The van der Waals surface area contributed by atoms with Gasteiger partial charge in [0.05, 0.1) is 16.5 Å². The molecule has 0 fully saturated rings. The summed E-state index contributed by atoms with van der Waals surface area (Å²) in [6, 6.07) is 69.2. The maximum absolute atomic E-state index is 5.44. The quantitative estimate of drug-likeness (QED) is 0.168. The molecule has 1 aromatic heterocycles. The van der Waals surface area contributed by atoms with E-state index in [9.17, 15) is 0 Å². The summed E-state index contributed by atoms with van der Waals surface area (Å²) >= 11 is 0. The zero-order valence-corrected chi connectivity index (χ0v) is 34.4. The number of nitrogens with zero attached hydrogens (tertiary/aromatic N) is 3. The van der Waals surface area contributed by atoms with Gasteiger partial charge in [-0.25, -0.2) is 0 Å². The van der Waals surface area contributed by atoms with Crippen molar-refractivity contribution in [3.05, 3.63) is 228 Å². The second-order valence-electron chi connectivity index (χ2n) is 17.4. The molecule has 0 N–H and O–H groups in total. The summed E-state index contributed by atoms with van der Waals surface area (Å²) < 4.78 is 0. The largest absolute Gasteiger partial charge is 0.318 e. The second-order valence-corrected chi connectivity index (χ2v) is 17.4. The summed E-state index contributed by atoms with van der Waals surface area (Å²) in [5, 5.41) is 4.92. The molecule has 8 aromatic carbocycles. The van der Waals surface area contributed by atoms with E-state index in [0.29, 0.717) is 0 Å². The van der Waals surface area contributed by atoms with Gasteiger partial charge in [-0.15, -0.1) is 0 Å². The van der Waals surface area contributed by atoms with Crippen molar-refractivity contribution in [3.63, 3.8) is 0 Å². The molecule has 1 aliphatic heterocycles. The van der Waals surface area contributed by atoms with Crippen LogP contribution in [-0.2, 0) is 5.41 Å². The van der Waals surface area contributed by atoms with Crippen LogP contribution in [0.1, 0.15) is 55.5 Å². The first kappa shape index (κ1) is 36.0. The Bertz CT molecular complexity index is 3100. The Hall–Kier alpha value is -7.10. The molecule has 2 heterocycles. The van der Waals surface area contributed by atoms with Gasteiger partial charge in [0, 0.05) is 29.2 Å². The molecule has 11 rings (SSSR count). The number of amidine groups is 1. The number of aliphatic imine (C=N–C) groups is 1. The average molecular weight is 772 g/mol. The van der Waals surface area contributed by atoms with Crippen LogP contribution in [0.2, 0.25) is 0 Å². The van der Waals surface area contributed by atoms with Gasteiger partial charge in [0.25, 0.3) is 0 Å². The van der Waals surface area contributed by atoms with E-state index in [1.165, 1.54) is 66.1 Å². The maximum atomic E-state index is 5.44. The molecule has 0 radical (unpaired) electrons. The van der Waals surface area contributed by atoms with Crippen LogP contribution in [0.5, 0.6) is 0 Å². The Labute approximate surface area is 352 Å². The molecule has 288 valence electrons. The van der Waals surface area contributed by atoms with Crippen molar-refractivity contribution < 1.29 is 0 Å². The molecular weight excluding hydrogens is 727 g/mol. The number of aromatic nitrogens is 1. The van der Waals surface area contributed by atoms with Gasteiger partial charge in [-0.05, 0) is 136 Å². The van der Waals surface area contributed by atoms with E-state index < -0.39 is 5.41 Å². The Morgan fingerprint density at radius 1 is 0.433 bits per heavy atom. The third-order valence-corrected chi connectivity index (χ3v) is 13.6. The minimum absolute atomic E-state index is 0.275. The molecule has 3 heteroatoms. The van der Waals surface area contributed by atoms with Crippen LogP contribution in [0.25, 0.3) is 54.9 Å². The Morgan fingerprint density at radius 3 is 1.73 bits per heavy atom. The molecule has 0 saturated heterocycles. The van der Waals surface area contributed by atoms with Crippen LogP contribution >= 0.6 is 0 Å². The lowest BCUT2D eigenvalue weighted by atomic mass is 9.67. The Morgan fingerprint density at radius 2 is 1.02 bits per heavy atom. The van der Waals surface area contributed by atoms with Crippen molar-refractivity contribution in [2.75, 3.05) is 4.90 Å². The molecule has 0 unspecified atom stereocenters. The summed E-state index contributed by atoms with van der Waals surface area (Å²) in [4.78, 5) is 12.8. The van der Waals surface area contributed by atoms with E-state index in [1.807, 2.05) is 12.4 Å². The van der Waals surface area contributed by atoms with Crippen molar-refractivity contribution >= 4 is 33.1 Å². The van der Waals surface area contributed by atoms with Crippen molar-refractivity contribution in [2.45, 2.75) is 44.2 Å². The lowest BCUT2D eigenvalue weighted by Crippen LogP contribution is -2.53. The van der Waals surface area contributed by atoms with Gasteiger partial charge >= 0.3 is 0 Å². The first-order chi connectivity index (χ1) is 29.3. The fourth-order valence-electron chi connectivity index (χ4n) is 10.0. The summed E-state index contributed by atoms with van der Waals surface area (Å²) in [6.07, 6.45) is 4.01. The molecular formula is C57H45N3. The minimum Gasteiger partial charge on any atom is -0.318 e. The number of benzene rings is 8. The van der Waals surface area contributed by atoms with Crippen molar-refractivity contribution in [2.24, 2.45) is 4.99 Å². The third-order valence-electron chi connectivity index (χ3n) is 13.6. The van der Waals surface area contributed by atoms with Gasteiger partial charge in [-0.3, -0.25) is 9.98 Å². The summed E-state index contributed by atoms with van der Waals surface area (Å²) in [7, 11) is 0. The second kappa shape index (κ2) is 13.5. The lowest BCUT2D eigenvalue weighted by molar-refractivity contribution is 0.338. The number of hydrogen-bond donors (Lipinski definition) is 0. The zero-order valence-electron chi connectivity index (χ0n) is 34.4. The smallest absolute Gasteiger partial charge is 0.138 e. The highest BCUT2D eigenvalue weighted by atomic mass is 15.3. The van der Waals surface area contributed by atoms with Crippen molar-refractivity contribution in [1.29, 1.82) is 0 Å². The number of pyridine rings is 1. The Balaban J connectivity index is 1.18. The summed E-state index contributed by atoms with van der Waals surface area (Å²) in [6.45, 7) is 9.04. The lowest BCUT2D eigenvalue weighted by Gasteiger charge is -2.41. The molecule has 0 saturated carbocycles. The summed E-state index contributed by atoms with van der Waals surface area (Å²) in [5.74, 6) is 0.938. The normalized spacial score (nSPS) is 15.8. The zero-order chi connectivity index (χ0) is 40.6. The van der Waals surface area contributed by atoms with Crippen LogP contribution in [0.3, 0.4) is 0 Å². The van der Waals surface area contributed by atoms with Crippen LogP contribution in [0, 0.1) is 0 Å². The first-order valence-corrected chi connectivity index (χ1v) is 21.0. The number of anilines is 1. The molecule has 0 spiro atoms. The highest BCUT2D eigenvalue weighted by Crippen LogP contribution is 2.59. The van der Waals surface area contributed by atoms with Crippen LogP contribution in [0.15, 0.2) is 205 Å². The number of para-hydroxylation sites is 1. The van der Waals surface area contributed by atoms with Gasteiger partial charge in [0.2, 0.25) is 0 Å². The SMILES string of the molecule is CC1(C)N=C(c2cncc(-c3cc4c(c5ccccc35)-c3ccc(-c5ccc6ccccc6c5)cc3C4(c3ccccc3)c3ccccc3)c2)N(c2ccccc2)C1(C)C. The molecule has 0 atom stereocenters. The number of rotatable bonds is 6. The third kappa shape index (κ3) is 5.28. The predicted molar refractivity (Wildman–Crippen MR) is 251 cm³/mol. The van der Waals surface area contributed by atoms with Crippen LogP contribution in [-0.4, -0.2) is 21.9 Å². The van der Waals surface area contributed by atoms with Crippen LogP contribution < -0.4 is 4.90 Å². The number of fused-ring (bicyclic) bond motifs is 6. The molecule has 3 nitrogen and oxygen atoms in total. The fraction of sp³-hybridized carbons (Fsp3) is 0.123. The standard InChI is InChI=1S/C57H45N3/c1-55(2)56(3,4)60(46-24-12-7-13-25-46)54(59-55)43-33-42(36-58-37-43)50-35-52-53(48-27-17-16-26-47(48)50)49-31-30-41(40-29-28-38-18-14-15-19-39(38)32-40)34-51(49)57(52,44-20-8-5-9-21-44)45-22-10-6-11-23-45/h5-37H,1-4H3. The van der Waals surface area contributed by atoms with E-state index in [4.69, 9.17) is 9.98 Å². The van der Waals surface area contributed by atoms with Gasteiger partial charge in [-0.1, -0.05) is 152 Å². The monoisotopic (exact) mass is 771 g/mol. The first-order valence-electron chi connectivity index (χ1n) is 21.0. The van der Waals surface area contributed by atoms with E-state index in [2.05, 4.69) is 221 Å². The van der Waals surface area contributed by atoms with E-state index in [1.54, 1.807) is 0 Å². The fourth-order valence-corrected chi connectivity index (χ4v) is 10.0. The average Bonchev–Trinajstić information content (AvgIpc) is 3.70. The van der Waals surface area contributed by atoms with E-state index in [-0.39, 0.29) is 11.1 Å². The molecule has 9 aromatic rings. The predicted octanol–water partition coefficient (Wildman–Crippen LogP) is 13.9. The van der Waals surface area contributed by atoms with Gasteiger partial charge < -0.3 is 4.90 Å².